The van der Waals surface area contributed by atoms with Crippen LogP contribution in [0.15, 0.2) is 71.9 Å². The van der Waals surface area contributed by atoms with Crippen LogP contribution in [0.2, 0.25) is 0 Å². The van der Waals surface area contributed by atoms with Crippen molar-refractivity contribution in [1.29, 1.82) is 0 Å². The zero-order valence-electron chi connectivity index (χ0n) is 19.9. The Bertz CT molecular complexity index is 1380. The Balaban J connectivity index is 1.55. The van der Waals surface area contributed by atoms with Crippen LogP contribution in [0.5, 0.6) is 0 Å². The first-order valence-electron chi connectivity index (χ1n) is 11.8. The highest BCUT2D eigenvalue weighted by Gasteiger charge is 2.44. The summed E-state index contributed by atoms with van der Waals surface area (Å²) in [5.41, 5.74) is -1.74. The number of carbonyl (C=O) groups excluding carboxylic acids is 1. The molecule has 3 aromatic rings. The van der Waals surface area contributed by atoms with E-state index in [2.05, 4.69) is 36.2 Å². The van der Waals surface area contributed by atoms with E-state index in [0.29, 0.717) is 36.8 Å². The van der Waals surface area contributed by atoms with Crippen LogP contribution in [0.4, 0.5) is 0 Å². The number of rotatable bonds is 12. The van der Waals surface area contributed by atoms with Gasteiger partial charge in [-0.05, 0) is 50.2 Å². The lowest BCUT2D eigenvalue weighted by molar-refractivity contribution is -0.145. The van der Waals surface area contributed by atoms with E-state index in [4.69, 9.17) is 0 Å². The standard InChI is InChI=1S/C24H29N7O5S/c32-21(19-11-6-8-17-16-28-30-20(17)19)29-24(22(33)34,31-37(35,36)18-9-2-1-3-10-18)12-4-5-13-25-23-26-14-7-15-27-23/h1-3,6-11,14,16,23,25-27,31H,4-5,12-13,15H2,(H,28,30)(H,29,32)(H,33,34). The van der Waals surface area contributed by atoms with Crippen LogP contribution >= 0.6 is 0 Å². The SMILES string of the molecule is O=C(NC(CCCCNC1NC=CCN1)(NS(=O)(=O)c1ccccc1)C(=O)O)c1cccc2cn[nH]c12. The topological polar surface area (TPSA) is 177 Å². The molecule has 2 unspecified atom stereocenters. The van der Waals surface area contributed by atoms with E-state index in [1.54, 1.807) is 18.2 Å². The second-order valence-corrected chi connectivity index (χ2v) is 10.2. The molecule has 37 heavy (non-hydrogen) atoms. The minimum atomic E-state index is -4.29. The Labute approximate surface area is 214 Å². The quantitative estimate of drug-likeness (QED) is 0.133. The monoisotopic (exact) mass is 527 g/mol. The maximum atomic E-state index is 13.3. The molecule has 0 radical (unpaired) electrons. The van der Waals surface area contributed by atoms with Crippen molar-refractivity contribution in [3.05, 3.63) is 72.6 Å². The molecular formula is C24H29N7O5S. The van der Waals surface area contributed by atoms with Crippen molar-refractivity contribution < 1.29 is 23.1 Å². The first kappa shape index (κ1) is 26.3. The van der Waals surface area contributed by atoms with E-state index in [9.17, 15) is 23.1 Å². The second-order valence-electron chi connectivity index (χ2n) is 8.54. The van der Waals surface area contributed by atoms with Crippen LogP contribution < -0.4 is 26.0 Å². The minimum Gasteiger partial charge on any atom is -0.478 e. The van der Waals surface area contributed by atoms with Crippen LogP contribution in [-0.4, -0.2) is 60.6 Å². The van der Waals surface area contributed by atoms with Gasteiger partial charge < -0.3 is 15.7 Å². The third-order valence-corrected chi connectivity index (χ3v) is 7.43. The number of hydrogen-bond donors (Lipinski definition) is 7. The number of fused-ring (bicyclic) bond motifs is 1. The summed E-state index contributed by atoms with van der Waals surface area (Å²) in [5, 5.41) is 29.6. The second kappa shape index (κ2) is 11.5. The molecule has 0 saturated carbocycles. The number of sulfonamides is 1. The van der Waals surface area contributed by atoms with Gasteiger partial charge in [0.15, 0.2) is 0 Å². The number of carbonyl (C=O) groups is 2. The number of hydrogen-bond acceptors (Lipinski definition) is 8. The average Bonchev–Trinajstić information content (AvgIpc) is 3.38. The molecule has 12 nitrogen and oxygen atoms in total. The molecule has 0 fully saturated rings. The van der Waals surface area contributed by atoms with E-state index in [-0.39, 0.29) is 23.2 Å². The molecule has 0 saturated heterocycles. The van der Waals surface area contributed by atoms with E-state index in [1.165, 1.54) is 36.5 Å². The van der Waals surface area contributed by atoms with Crippen molar-refractivity contribution in [3.63, 3.8) is 0 Å². The predicted molar refractivity (Wildman–Crippen MR) is 137 cm³/mol. The van der Waals surface area contributed by atoms with Gasteiger partial charge >= 0.3 is 5.97 Å². The zero-order chi connectivity index (χ0) is 26.3. The third kappa shape index (κ3) is 6.32. The van der Waals surface area contributed by atoms with E-state index in [0.717, 1.165) is 0 Å². The molecule has 196 valence electrons. The van der Waals surface area contributed by atoms with Gasteiger partial charge in [-0.15, -0.1) is 0 Å². The van der Waals surface area contributed by atoms with Crippen LogP contribution in [0.3, 0.4) is 0 Å². The van der Waals surface area contributed by atoms with Crippen molar-refractivity contribution in [1.82, 2.24) is 36.2 Å². The van der Waals surface area contributed by atoms with E-state index < -0.39 is 27.6 Å². The number of aromatic nitrogens is 2. The molecule has 2 atom stereocenters. The number of aromatic amines is 1. The highest BCUT2D eigenvalue weighted by Crippen LogP contribution is 2.21. The zero-order valence-corrected chi connectivity index (χ0v) is 20.7. The van der Waals surface area contributed by atoms with Gasteiger partial charge in [0.1, 0.15) is 6.29 Å². The van der Waals surface area contributed by atoms with E-state index >= 15 is 0 Å². The number of nitrogens with one attached hydrogen (secondary N) is 6. The number of unbranched alkanes of at least 4 members (excludes halogenated alkanes) is 1. The molecule has 7 N–H and O–H groups in total. The first-order chi connectivity index (χ1) is 17.8. The number of aliphatic carboxylic acids is 1. The van der Waals surface area contributed by atoms with Crippen molar-refractivity contribution >= 4 is 32.8 Å². The summed E-state index contributed by atoms with van der Waals surface area (Å²) >= 11 is 0. The maximum Gasteiger partial charge on any atom is 0.345 e. The fourth-order valence-electron chi connectivity index (χ4n) is 4.01. The lowest BCUT2D eigenvalue weighted by Crippen LogP contribution is -2.65. The molecule has 13 heteroatoms. The number of carboxylic acid groups (broad SMARTS) is 1. The first-order valence-corrected chi connectivity index (χ1v) is 13.2. The summed E-state index contributed by atoms with van der Waals surface area (Å²) in [6.07, 6.45) is 5.81. The highest BCUT2D eigenvalue weighted by atomic mass is 32.2. The molecule has 1 amide bonds. The summed E-state index contributed by atoms with van der Waals surface area (Å²) in [6.45, 7) is 1.24. The van der Waals surface area contributed by atoms with Crippen LogP contribution in [-0.2, 0) is 14.8 Å². The van der Waals surface area contributed by atoms with Gasteiger partial charge in [0, 0.05) is 11.9 Å². The van der Waals surface area contributed by atoms with Crippen molar-refractivity contribution in [2.24, 2.45) is 0 Å². The summed E-state index contributed by atoms with van der Waals surface area (Å²) in [4.78, 5) is 25.8. The Morgan fingerprint density at radius 1 is 1.11 bits per heavy atom. The Morgan fingerprint density at radius 3 is 2.65 bits per heavy atom. The molecule has 0 bridgehead atoms. The van der Waals surface area contributed by atoms with E-state index in [1.807, 2.05) is 12.3 Å². The summed E-state index contributed by atoms with van der Waals surface area (Å²) in [5.74, 6) is -2.28. The number of benzene rings is 2. The van der Waals surface area contributed by atoms with Crippen molar-refractivity contribution in [2.45, 2.75) is 36.1 Å². The molecule has 2 heterocycles. The summed E-state index contributed by atoms with van der Waals surface area (Å²) in [6, 6.07) is 12.3. The lowest BCUT2D eigenvalue weighted by Gasteiger charge is -2.31. The van der Waals surface area contributed by atoms with Gasteiger partial charge in [-0.25, -0.2) is 13.2 Å². The highest BCUT2D eigenvalue weighted by molar-refractivity contribution is 7.89. The van der Waals surface area contributed by atoms with Gasteiger partial charge in [0.05, 0.1) is 22.2 Å². The molecule has 1 aliphatic rings. The molecule has 0 aliphatic carbocycles. The van der Waals surface area contributed by atoms with Crippen LogP contribution in [0, 0.1) is 0 Å². The molecule has 1 aromatic heterocycles. The van der Waals surface area contributed by atoms with Gasteiger partial charge in [0.25, 0.3) is 5.91 Å². The molecule has 4 rings (SSSR count). The fraction of sp³-hybridized carbons (Fsp3) is 0.292. The third-order valence-electron chi connectivity index (χ3n) is 5.92. The minimum absolute atomic E-state index is 0.116. The van der Waals surface area contributed by atoms with Gasteiger partial charge in [-0.3, -0.25) is 20.5 Å². The normalized spacial score (nSPS) is 17.1. The number of amides is 1. The maximum absolute atomic E-state index is 13.3. The molecule has 2 aromatic carbocycles. The van der Waals surface area contributed by atoms with Gasteiger partial charge in [-0.1, -0.05) is 36.4 Å². The van der Waals surface area contributed by atoms with Crippen molar-refractivity contribution in [3.8, 4) is 0 Å². The Morgan fingerprint density at radius 2 is 1.92 bits per heavy atom. The largest absolute Gasteiger partial charge is 0.478 e. The van der Waals surface area contributed by atoms with Gasteiger partial charge in [0.2, 0.25) is 15.7 Å². The predicted octanol–water partition coefficient (Wildman–Crippen LogP) is 0.802. The Kier molecular flexibility index (Phi) is 8.18. The molecular weight excluding hydrogens is 498 g/mol. The summed E-state index contributed by atoms with van der Waals surface area (Å²) < 4.78 is 28.6. The van der Waals surface area contributed by atoms with Crippen LogP contribution in [0.1, 0.15) is 29.6 Å². The number of nitrogens with zero attached hydrogens (tertiary/aromatic N) is 1. The number of H-pyrrole nitrogens is 1. The smallest absolute Gasteiger partial charge is 0.345 e. The number of carboxylic acids is 1. The fourth-order valence-corrected chi connectivity index (χ4v) is 5.34. The average molecular weight is 528 g/mol. The van der Waals surface area contributed by atoms with Crippen LogP contribution in [0.25, 0.3) is 10.9 Å². The molecule has 1 aliphatic heterocycles. The Hall–Kier alpha value is -3.78. The summed E-state index contributed by atoms with van der Waals surface area (Å²) in [7, 11) is -4.29. The lowest BCUT2D eigenvalue weighted by atomic mass is 10.0. The number of para-hydroxylation sites is 1. The van der Waals surface area contributed by atoms with Gasteiger partial charge in [-0.2, -0.15) is 9.82 Å². The molecule has 0 spiro atoms. The van der Waals surface area contributed by atoms with Crippen molar-refractivity contribution in [2.75, 3.05) is 13.1 Å².